The molecule has 0 N–H and O–H groups in total. The Morgan fingerprint density at radius 3 is 2.44 bits per heavy atom. The van der Waals surface area contributed by atoms with E-state index in [4.69, 9.17) is 13.7 Å². The van der Waals surface area contributed by atoms with E-state index in [-0.39, 0.29) is 13.2 Å². The van der Waals surface area contributed by atoms with Gasteiger partial charge < -0.3 is 0 Å². The van der Waals surface area contributed by atoms with Gasteiger partial charge >= 0.3 is 7.82 Å². The van der Waals surface area contributed by atoms with Crippen molar-refractivity contribution in [3.63, 3.8) is 0 Å². The van der Waals surface area contributed by atoms with Crippen LogP contribution in [0.4, 0.5) is 0 Å². The van der Waals surface area contributed by atoms with Gasteiger partial charge in [-0.05, 0) is 49.1 Å². The summed E-state index contributed by atoms with van der Waals surface area (Å²) in [6.45, 7) is 7.62. The Morgan fingerprint density at radius 1 is 1.12 bits per heavy atom. The SMILES string of the molecule is C=CCC/C(=N/OP(=O)(OCC)OCC)c1ccc2ccccc2c1. The summed E-state index contributed by atoms with van der Waals surface area (Å²) in [5.74, 6) is 0. The van der Waals surface area contributed by atoms with Gasteiger partial charge in [-0.3, -0.25) is 13.7 Å². The number of fused-ring (bicyclic) bond motifs is 1. The number of benzene rings is 2. The van der Waals surface area contributed by atoms with Crippen LogP contribution in [0.25, 0.3) is 10.8 Å². The fraction of sp³-hybridized carbons (Fsp3) is 0.316. The lowest BCUT2D eigenvalue weighted by atomic mass is 10.0. The summed E-state index contributed by atoms with van der Waals surface area (Å²) < 4.78 is 27.9. The molecule has 0 radical (unpaired) electrons. The third-order valence-electron chi connectivity index (χ3n) is 3.49. The summed E-state index contributed by atoms with van der Waals surface area (Å²) in [6, 6.07) is 14.1. The number of phosphoric ester groups is 1. The van der Waals surface area contributed by atoms with Crippen LogP contribution in [-0.4, -0.2) is 18.9 Å². The van der Waals surface area contributed by atoms with Gasteiger partial charge in [0.15, 0.2) is 0 Å². The zero-order valence-corrected chi connectivity index (χ0v) is 15.6. The van der Waals surface area contributed by atoms with Gasteiger partial charge in [0.05, 0.1) is 18.9 Å². The molecule has 0 aliphatic carbocycles. The molecule has 5 nitrogen and oxygen atoms in total. The minimum atomic E-state index is -3.69. The van der Waals surface area contributed by atoms with E-state index >= 15 is 0 Å². The molecule has 0 bridgehead atoms. The van der Waals surface area contributed by atoms with Gasteiger partial charge in [0, 0.05) is 0 Å². The molecule has 0 saturated heterocycles. The first-order valence-electron chi connectivity index (χ1n) is 8.36. The highest BCUT2D eigenvalue weighted by atomic mass is 31.2. The van der Waals surface area contributed by atoms with Gasteiger partial charge in [-0.15, -0.1) is 6.58 Å². The number of rotatable bonds is 10. The van der Waals surface area contributed by atoms with Crippen LogP contribution in [0, 0.1) is 0 Å². The van der Waals surface area contributed by atoms with Gasteiger partial charge in [0.25, 0.3) is 0 Å². The molecule has 0 atom stereocenters. The van der Waals surface area contributed by atoms with Gasteiger partial charge in [-0.1, -0.05) is 47.6 Å². The highest BCUT2D eigenvalue weighted by Crippen LogP contribution is 2.49. The molecular formula is C19H24NO4P. The van der Waals surface area contributed by atoms with Gasteiger partial charge in [-0.2, -0.15) is 0 Å². The van der Waals surface area contributed by atoms with Gasteiger partial charge in [0.2, 0.25) is 0 Å². The Hall–Kier alpha value is -1.94. The molecule has 0 spiro atoms. The molecule has 0 aromatic heterocycles. The van der Waals surface area contributed by atoms with Crippen molar-refractivity contribution in [2.75, 3.05) is 13.2 Å². The minimum absolute atomic E-state index is 0.213. The lowest BCUT2D eigenvalue weighted by molar-refractivity contribution is 0.125. The van der Waals surface area contributed by atoms with Crippen LogP contribution < -0.4 is 0 Å². The number of hydrogen-bond donors (Lipinski definition) is 0. The maximum Gasteiger partial charge on any atom is 0.550 e. The molecule has 0 unspecified atom stereocenters. The summed E-state index contributed by atoms with van der Waals surface area (Å²) in [7, 11) is -3.69. The van der Waals surface area contributed by atoms with Crippen LogP contribution in [0.2, 0.25) is 0 Å². The van der Waals surface area contributed by atoms with Crippen LogP contribution in [0.1, 0.15) is 32.3 Å². The van der Waals surface area contributed by atoms with Crippen molar-refractivity contribution in [3.05, 3.63) is 60.7 Å². The minimum Gasteiger partial charge on any atom is -0.292 e. The van der Waals surface area contributed by atoms with Crippen molar-refractivity contribution < 1.29 is 18.2 Å². The lowest BCUT2D eigenvalue weighted by Gasteiger charge is -2.14. The summed E-state index contributed by atoms with van der Waals surface area (Å²) in [5, 5.41) is 6.35. The Labute approximate surface area is 148 Å². The zero-order chi connectivity index (χ0) is 18.1. The second-order valence-electron chi connectivity index (χ2n) is 5.29. The normalized spacial score (nSPS) is 12.3. The molecule has 0 aliphatic heterocycles. The number of nitrogens with zero attached hydrogens (tertiary/aromatic N) is 1. The largest absolute Gasteiger partial charge is 0.550 e. The average molecular weight is 361 g/mol. The number of phosphoric acid groups is 1. The summed E-state index contributed by atoms with van der Waals surface area (Å²) in [6.07, 6.45) is 3.14. The summed E-state index contributed by atoms with van der Waals surface area (Å²) >= 11 is 0. The third-order valence-corrected chi connectivity index (χ3v) is 4.92. The van der Waals surface area contributed by atoms with E-state index in [1.165, 1.54) is 0 Å². The predicted octanol–water partition coefficient (Wildman–Crippen LogP) is 5.71. The first kappa shape index (κ1) is 19.4. The summed E-state index contributed by atoms with van der Waals surface area (Å²) in [5.41, 5.74) is 1.57. The smallest absolute Gasteiger partial charge is 0.292 e. The molecule has 2 rings (SSSR count). The quantitative estimate of drug-likeness (QED) is 0.235. The van der Waals surface area contributed by atoms with Crippen molar-refractivity contribution in [2.24, 2.45) is 5.16 Å². The maximum atomic E-state index is 12.4. The predicted molar refractivity (Wildman–Crippen MR) is 102 cm³/mol. The van der Waals surface area contributed by atoms with Gasteiger partial charge in [-0.25, -0.2) is 4.57 Å². The molecule has 0 amide bonds. The maximum absolute atomic E-state index is 12.4. The molecule has 25 heavy (non-hydrogen) atoms. The average Bonchev–Trinajstić information content (AvgIpc) is 2.62. The van der Waals surface area contributed by atoms with Crippen LogP contribution in [-0.2, 0) is 18.2 Å². The molecule has 6 heteroatoms. The van der Waals surface area contributed by atoms with E-state index in [2.05, 4.69) is 17.8 Å². The van der Waals surface area contributed by atoms with Crippen molar-refractivity contribution in [3.8, 4) is 0 Å². The van der Waals surface area contributed by atoms with Crippen molar-refractivity contribution in [1.29, 1.82) is 0 Å². The fourth-order valence-electron chi connectivity index (χ4n) is 2.35. The van der Waals surface area contributed by atoms with Crippen LogP contribution in [0.3, 0.4) is 0 Å². The Balaban J connectivity index is 2.32. The number of hydrogen-bond acceptors (Lipinski definition) is 5. The second kappa shape index (κ2) is 9.52. The van der Waals surface area contributed by atoms with E-state index in [1.54, 1.807) is 19.9 Å². The molecular weight excluding hydrogens is 337 g/mol. The molecule has 0 fully saturated rings. The Kier molecular flexibility index (Phi) is 7.38. The van der Waals surface area contributed by atoms with E-state index in [9.17, 15) is 4.57 Å². The topological polar surface area (TPSA) is 57.1 Å². The first-order chi connectivity index (χ1) is 12.1. The third kappa shape index (κ3) is 5.53. The Morgan fingerprint density at radius 2 is 1.80 bits per heavy atom. The van der Waals surface area contributed by atoms with Gasteiger partial charge in [0.1, 0.15) is 0 Å². The standard InChI is InChI=1S/C19H24NO4P/c1-4-7-12-19(20-24-25(21,22-5-2)23-6-3)18-14-13-16-10-8-9-11-17(16)15-18/h4,8-11,13-15H,1,5-7,12H2,2-3H3/b20-19-. The van der Waals surface area contributed by atoms with E-state index in [1.807, 2.05) is 36.4 Å². The van der Waals surface area contributed by atoms with Crippen molar-refractivity contribution >= 4 is 24.3 Å². The van der Waals surface area contributed by atoms with E-state index < -0.39 is 7.82 Å². The lowest BCUT2D eigenvalue weighted by Crippen LogP contribution is -2.04. The molecule has 0 saturated carbocycles. The molecule has 2 aromatic rings. The number of allylic oxidation sites excluding steroid dienone is 1. The first-order valence-corrected chi connectivity index (χ1v) is 9.82. The van der Waals surface area contributed by atoms with Crippen LogP contribution in [0.5, 0.6) is 0 Å². The van der Waals surface area contributed by atoms with Crippen LogP contribution in [0.15, 0.2) is 60.3 Å². The molecule has 134 valence electrons. The number of oxime groups is 1. The van der Waals surface area contributed by atoms with Crippen molar-refractivity contribution in [1.82, 2.24) is 0 Å². The van der Waals surface area contributed by atoms with E-state index in [0.29, 0.717) is 12.1 Å². The van der Waals surface area contributed by atoms with Crippen molar-refractivity contribution in [2.45, 2.75) is 26.7 Å². The van der Waals surface area contributed by atoms with E-state index in [0.717, 1.165) is 22.8 Å². The highest BCUT2D eigenvalue weighted by Gasteiger charge is 2.27. The Bertz CT molecular complexity index is 778. The van der Waals surface area contributed by atoms with Crippen LogP contribution >= 0.6 is 7.82 Å². The molecule has 0 aliphatic rings. The summed E-state index contributed by atoms with van der Waals surface area (Å²) in [4.78, 5) is 0. The molecule has 2 aromatic carbocycles. The second-order valence-corrected chi connectivity index (χ2v) is 6.87. The molecule has 0 heterocycles. The zero-order valence-electron chi connectivity index (χ0n) is 14.7. The monoisotopic (exact) mass is 361 g/mol. The highest BCUT2D eigenvalue weighted by molar-refractivity contribution is 7.48. The fourth-order valence-corrected chi connectivity index (χ4v) is 3.35.